The van der Waals surface area contributed by atoms with Crippen molar-refractivity contribution in [2.24, 2.45) is 0 Å². The number of hydrogen-bond acceptors (Lipinski definition) is 6. The molecule has 6 nitrogen and oxygen atoms in total. The van der Waals surface area contributed by atoms with E-state index >= 15 is 0 Å². The Morgan fingerprint density at radius 3 is 2.25 bits per heavy atom. The second-order valence-electron chi connectivity index (χ2n) is 3.60. The molecule has 0 amide bonds. The van der Waals surface area contributed by atoms with Crippen LogP contribution in [0.2, 0.25) is 0 Å². The van der Waals surface area contributed by atoms with Gasteiger partial charge in [0.15, 0.2) is 0 Å². The minimum absolute atomic E-state index is 0.101. The summed E-state index contributed by atoms with van der Waals surface area (Å²) in [6.45, 7) is 1.27. The molecule has 0 bridgehead atoms. The molecule has 6 heteroatoms. The van der Waals surface area contributed by atoms with Crippen LogP contribution in [0.1, 0.15) is 6.92 Å². The van der Waals surface area contributed by atoms with E-state index in [1.165, 1.54) is 21.1 Å². The maximum absolute atomic E-state index is 10.7. The van der Waals surface area contributed by atoms with E-state index in [1.807, 2.05) is 0 Å². The highest BCUT2D eigenvalue weighted by Gasteiger charge is 2.45. The van der Waals surface area contributed by atoms with Gasteiger partial charge >= 0.3 is 5.97 Å². The molecular weight excluding hydrogens is 216 g/mol. The molecule has 0 aliphatic carbocycles. The molecule has 0 spiro atoms. The molecule has 0 saturated carbocycles. The van der Waals surface area contributed by atoms with Crippen LogP contribution in [0.5, 0.6) is 0 Å². The van der Waals surface area contributed by atoms with Crippen molar-refractivity contribution in [3.8, 4) is 0 Å². The average Bonchev–Trinajstić information content (AvgIpc) is 2.62. The van der Waals surface area contributed by atoms with Crippen LogP contribution in [0.25, 0.3) is 0 Å². The third-order valence-corrected chi connectivity index (χ3v) is 2.58. The molecule has 1 fully saturated rings. The lowest BCUT2D eigenvalue weighted by Crippen LogP contribution is -2.38. The number of rotatable bonds is 5. The molecule has 1 saturated heterocycles. The van der Waals surface area contributed by atoms with Crippen LogP contribution in [0.3, 0.4) is 0 Å². The first-order valence-electron chi connectivity index (χ1n) is 5.09. The first kappa shape index (κ1) is 13.4. The van der Waals surface area contributed by atoms with Crippen molar-refractivity contribution in [2.45, 2.75) is 31.3 Å². The van der Waals surface area contributed by atoms with Crippen LogP contribution in [-0.4, -0.2) is 62.9 Å². The SMILES string of the molecule is CO[C@H]1[C@H](OC)[C@@H](COC(C)=O)O[C@@H]1CO. The van der Waals surface area contributed by atoms with Crippen molar-refractivity contribution in [2.75, 3.05) is 27.4 Å². The molecule has 0 radical (unpaired) electrons. The van der Waals surface area contributed by atoms with Gasteiger partial charge in [0.2, 0.25) is 0 Å². The quantitative estimate of drug-likeness (QED) is 0.636. The van der Waals surface area contributed by atoms with Crippen LogP contribution in [-0.2, 0) is 23.7 Å². The summed E-state index contributed by atoms with van der Waals surface area (Å²) in [5.74, 6) is -0.375. The standard InChI is InChI=1S/C10H18O6/c1-6(12)15-5-8-10(14-3)9(13-2)7(4-11)16-8/h7-11H,4-5H2,1-3H3/t7-,8-,9-,10-/m1/s1. The topological polar surface area (TPSA) is 74.2 Å². The van der Waals surface area contributed by atoms with E-state index in [0.29, 0.717) is 0 Å². The summed E-state index contributed by atoms with van der Waals surface area (Å²) in [5, 5.41) is 9.11. The Kier molecular flexibility index (Phi) is 5.14. The van der Waals surface area contributed by atoms with Gasteiger partial charge in [0.1, 0.15) is 31.0 Å². The fraction of sp³-hybridized carbons (Fsp3) is 0.900. The fourth-order valence-corrected chi connectivity index (χ4v) is 1.85. The minimum atomic E-state index is -0.449. The van der Waals surface area contributed by atoms with Crippen molar-refractivity contribution in [1.82, 2.24) is 0 Å². The molecule has 4 atom stereocenters. The zero-order chi connectivity index (χ0) is 12.1. The van der Waals surface area contributed by atoms with E-state index in [9.17, 15) is 4.79 Å². The normalized spacial score (nSPS) is 34.0. The molecule has 1 aliphatic rings. The molecular formula is C10H18O6. The third-order valence-electron chi connectivity index (χ3n) is 2.58. The number of esters is 1. The number of aliphatic hydroxyl groups is 1. The maximum atomic E-state index is 10.7. The highest BCUT2D eigenvalue weighted by atomic mass is 16.6. The number of hydrogen-bond donors (Lipinski definition) is 1. The molecule has 1 aliphatic heterocycles. The zero-order valence-electron chi connectivity index (χ0n) is 9.71. The van der Waals surface area contributed by atoms with Gasteiger partial charge < -0.3 is 24.1 Å². The molecule has 0 aromatic carbocycles. The Hall–Kier alpha value is -0.690. The highest BCUT2D eigenvalue weighted by Crippen LogP contribution is 2.25. The summed E-state index contributed by atoms with van der Waals surface area (Å²) in [4.78, 5) is 10.7. The molecule has 0 unspecified atom stereocenters. The summed E-state index contributed by atoms with van der Waals surface area (Å²) >= 11 is 0. The number of carbonyl (C=O) groups is 1. The Morgan fingerprint density at radius 2 is 1.81 bits per heavy atom. The fourth-order valence-electron chi connectivity index (χ4n) is 1.85. The van der Waals surface area contributed by atoms with Crippen LogP contribution in [0, 0.1) is 0 Å². The van der Waals surface area contributed by atoms with Crippen molar-refractivity contribution in [3.63, 3.8) is 0 Å². The Bertz CT molecular complexity index is 231. The lowest BCUT2D eigenvalue weighted by atomic mass is 10.1. The van der Waals surface area contributed by atoms with E-state index < -0.39 is 12.2 Å². The number of aliphatic hydroxyl groups excluding tert-OH is 1. The minimum Gasteiger partial charge on any atom is -0.463 e. The van der Waals surface area contributed by atoms with Gasteiger partial charge in [0.25, 0.3) is 0 Å². The molecule has 1 heterocycles. The van der Waals surface area contributed by atoms with Gasteiger partial charge in [-0.3, -0.25) is 4.79 Å². The summed E-state index contributed by atoms with van der Waals surface area (Å²) in [6.07, 6.45) is -1.55. The van der Waals surface area contributed by atoms with Gasteiger partial charge in [-0.2, -0.15) is 0 Å². The average molecular weight is 234 g/mol. The summed E-state index contributed by atoms with van der Waals surface area (Å²) in [6, 6.07) is 0. The second kappa shape index (κ2) is 6.15. The highest BCUT2D eigenvalue weighted by molar-refractivity contribution is 5.65. The van der Waals surface area contributed by atoms with Crippen LogP contribution >= 0.6 is 0 Å². The second-order valence-corrected chi connectivity index (χ2v) is 3.60. The molecule has 0 aromatic rings. The molecule has 1 rings (SSSR count). The monoisotopic (exact) mass is 234 g/mol. The van der Waals surface area contributed by atoms with Gasteiger partial charge in [-0.1, -0.05) is 0 Å². The lowest BCUT2D eigenvalue weighted by molar-refractivity contribution is -0.147. The maximum Gasteiger partial charge on any atom is 0.302 e. The summed E-state index contributed by atoms with van der Waals surface area (Å²) in [7, 11) is 3.05. The van der Waals surface area contributed by atoms with E-state index in [-0.39, 0.29) is 31.4 Å². The Balaban J connectivity index is 2.60. The van der Waals surface area contributed by atoms with Crippen molar-refractivity contribution in [3.05, 3.63) is 0 Å². The van der Waals surface area contributed by atoms with Gasteiger partial charge in [-0.25, -0.2) is 0 Å². The zero-order valence-corrected chi connectivity index (χ0v) is 9.71. The van der Waals surface area contributed by atoms with Crippen LogP contribution in [0.4, 0.5) is 0 Å². The van der Waals surface area contributed by atoms with Crippen LogP contribution in [0.15, 0.2) is 0 Å². The molecule has 94 valence electrons. The summed E-state index contributed by atoms with van der Waals surface area (Å²) in [5.41, 5.74) is 0. The predicted molar refractivity (Wildman–Crippen MR) is 54.0 cm³/mol. The van der Waals surface area contributed by atoms with Gasteiger partial charge in [-0.15, -0.1) is 0 Å². The van der Waals surface area contributed by atoms with Gasteiger partial charge in [0, 0.05) is 21.1 Å². The predicted octanol–water partition coefficient (Wildman–Crippen LogP) is -0.661. The Morgan fingerprint density at radius 1 is 1.25 bits per heavy atom. The van der Waals surface area contributed by atoms with Crippen molar-refractivity contribution >= 4 is 5.97 Å². The molecule has 1 N–H and O–H groups in total. The lowest BCUT2D eigenvalue weighted by Gasteiger charge is -2.20. The van der Waals surface area contributed by atoms with Gasteiger partial charge in [0.05, 0.1) is 6.61 Å². The smallest absolute Gasteiger partial charge is 0.302 e. The first-order valence-corrected chi connectivity index (χ1v) is 5.09. The number of methoxy groups -OCH3 is 2. The van der Waals surface area contributed by atoms with E-state index in [2.05, 4.69) is 0 Å². The number of ether oxygens (including phenoxy) is 4. The van der Waals surface area contributed by atoms with E-state index in [4.69, 9.17) is 24.1 Å². The van der Waals surface area contributed by atoms with E-state index in [1.54, 1.807) is 0 Å². The van der Waals surface area contributed by atoms with Gasteiger partial charge in [-0.05, 0) is 0 Å². The van der Waals surface area contributed by atoms with E-state index in [0.717, 1.165) is 0 Å². The Labute approximate surface area is 94.4 Å². The van der Waals surface area contributed by atoms with Crippen LogP contribution < -0.4 is 0 Å². The number of carbonyl (C=O) groups excluding carboxylic acids is 1. The first-order chi connectivity index (χ1) is 7.63. The third kappa shape index (κ3) is 2.91. The molecule has 16 heavy (non-hydrogen) atoms. The molecule has 0 aromatic heterocycles. The van der Waals surface area contributed by atoms with Crippen molar-refractivity contribution in [1.29, 1.82) is 0 Å². The summed E-state index contributed by atoms with van der Waals surface area (Å²) < 4.78 is 20.8. The van der Waals surface area contributed by atoms with Crippen molar-refractivity contribution < 1.29 is 28.8 Å². The largest absolute Gasteiger partial charge is 0.463 e.